The second-order valence-corrected chi connectivity index (χ2v) is 9.70. The highest BCUT2D eigenvalue weighted by Crippen LogP contribution is 2.24. The zero-order valence-electron chi connectivity index (χ0n) is 19.5. The Hall–Kier alpha value is -2.46. The van der Waals surface area contributed by atoms with Crippen molar-refractivity contribution in [3.05, 3.63) is 59.7 Å². The lowest BCUT2D eigenvalue weighted by atomic mass is 10.0. The summed E-state index contributed by atoms with van der Waals surface area (Å²) in [7, 11) is -1.92. The lowest BCUT2D eigenvalue weighted by Crippen LogP contribution is -2.43. The molecule has 1 saturated heterocycles. The van der Waals surface area contributed by atoms with E-state index in [1.165, 1.54) is 16.4 Å². The number of carbonyl (C=O) groups is 1. The lowest BCUT2D eigenvalue weighted by Gasteiger charge is -2.35. The van der Waals surface area contributed by atoms with Gasteiger partial charge < -0.3 is 14.8 Å². The molecule has 2 aromatic carbocycles. The van der Waals surface area contributed by atoms with Gasteiger partial charge in [-0.25, -0.2) is 8.42 Å². The average Bonchev–Trinajstić information content (AvgIpc) is 2.85. The van der Waals surface area contributed by atoms with Crippen molar-refractivity contribution in [3.8, 4) is 5.75 Å². The van der Waals surface area contributed by atoms with E-state index in [0.717, 1.165) is 24.4 Å². The molecule has 0 radical (unpaired) electrons. The number of methoxy groups -OCH3 is 1. The Morgan fingerprint density at radius 1 is 1.06 bits per heavy atom. The Balaban J connectivity index is 1.71. The normalized spacial score (nSPS) is 15.9. The molecule has 2 aromatic rings. The number of sulfonamides is 1. The molecular formula is C24H33N3O5S. The van der Waals surface area contributed by atoms with Gasteiger partial charge in [0.15, 0.2) is 0 Å². The first-order chi connectivity index (χ1) is 15.9. The van der Waals surface area contributed by atoms with Gasteiger partial charge in [0.25, 0.3) is 5.91 Å². The maximum atomic E-state index is 12.8. The quantitative estimate of drug-likeness (QED) is 0.568. The van der Waals surface area contributed by atoms with Gasteiger partial charge in [-0.05, 0) is 42.0 Å². The number of hydrogen-bond donors (Lipinski definition) is 1. The van der Waals surface area contributed by atoms with Crippen molar-refractivity contribution in [1.82, 2.24) is 14.5 Å². The van der Waals surface area contributed by atoms with E-state index < -0.39 is 10.0 Å². The summed E-state index contributed by atoms with van der Waals surface area (Å²) in [4.78, 5) is 15.3. The number of ether oxygens (including phenoxy) is 2. The van der Waals surface area contributed by atoms with Crippen LogP contribution in [-0.4, -0.2) is 76.6 Å². The number of hydrogen-bond acceptors (Lipinski definition) is 6. The van der Waals surface area contributed by atoms with E-state index in [2.05, 4.69) is 10.2 Å². The molecule has 0 unspecified atom stereocenters. The molecule has 8 nitrogen and oxygen atoms in total. The SMILES string of the molecule is CCN(CC)S(=O)(=O)c1ccc(C(=O)NC[C@H](c2ccc(OC)cc2)N2CCOCC2)cc1. The molecule has 1 aliphatic heterocycles. The van der Waals surface area contributed by atoms with E-state index in [-0.39, 0.29) is 16.8 Å². The number of carbonyl (C=O) groups excluding carboxylic acids is 1. The minimum absolute atomic E-state index is 0.00827. The van der Waals surface area contributed by atoms with Gasteiger partial charge in [0.1, 0.15) is 5.75 Å². The fourth-order valence-electron chi connectivity index (χ4n) is 3.96. The van der Waals surface area contributed by atoms with Crippen molar-refractivity contribution in [2.24, 2.45) is 0 Å². The predicted octanol–water partition coefficient (Wildman–Crippen LogP) is 2.53. The first kappa shape index (κ1) is 25.2. The van der Waals surface area contributed by atoms with Crippen molar-refractivity contribution in [2.45, 2.75) is 24.8 Å². The molecule has 1 amide bonds. The van der Waals surface area contributed by atoms with Crippen LogP contribution in [0.1, 0.15) is 35.8 Å². The third kappa shape index (κ3) is 6.11. The molecule has 1 fully saturated rings. The minimum Gasteiger partial charge on any atom is -0.497 e. The second-order valence-electron chi connectivity index (χ2n) is 7.76. The standard InChI is InChI=1S/C24H33N3O5S/c1-4-27(5-2)33(29,30)22-12-8-20(9-13-22)24(28)25-18-23(26-14-16-32-17-15-26)19-6-10-21(31-3)11-7-19/h6-13,23H,4-5,14-18H2,1-3H3,(H,25,28)/t23-/m1/s1. The zero-order chi connectivity index (χ0) is 23.8. The summed E-state index contributed by atoms with van der Waals surface area (Å²) in [5.74, 6) is 0.539. The molecule has 0 spiro atoms. The molecule has 1 aliphatic rings. The number of nitrogens with one attached hydrogen (secondary N) is 1. The van der Waals surface area contributed by atoms with E-state index >= 15 is 0 Å². The van der Waals surface area contributed by atoms with E-state index in [9.17, 15) is 13.2 Å². The number of benzene rings is 2. The van der Waals surface area contributed by atoms with Crippen LogP contribution in [0.15, 0.2) is 53.4 Å². The molecule has 0 saturated carbocycles. The topological polar surface area (TPSA) is 88.2 Å². The highest BCUT2D eigenvalue weighted by molar-refractivity contribution is 7.89. The first-order valence-corrected chi connectivity index (χ1v) is 12.7. The molecule has 3 rings (SSSR count). The largest absolute Gasteiger partial charge is 0.497 e. The number of amides is 1. The molecule has 33 heavy (non-hydrogen) atoms. The Labute approximate surface area is 196 Å². The van der Waals surface area contributed by atoms with Gasteiger partial charge in [-0.1, -0.05) is 26.0 Å². The average molecular weight is 476 g/mol. The minimum atomic E-state index is -3.55. The highest BCUT2D eigenvalue weighted by atomic mass is 32.2. The van der Waals surface area contributed by atoms with E-state index in [1.54, 1.807) is 33.1 Å². The van der Waals surface area contributed by atoms with Crippen LogP contribution in [0.25, 0.3) is 0 Å². The van der Waals surface area contributed by atoms with Gasteiger partial charge in [-0.3, -0.25) is 9.69 Å². The van der Waals surface area contributed by atoms with Crippen LogP contribution in [-0.2, 0) is 14.8 Å². The monoisotopic (exact) mass is 475 g/mol. The Kier molecular flexibility index (Phi) is 8.85. The van der Waals surface area contributed by atoms with Crippen LogP contribution in [0.2, 0.25) is 0 Å². The summed E-state index contributed by atoms with van der Waals surface area (Å²) < 4.78 is 37.5. The molecule has 1 N–H and O–H groups in total. The summed E-state index contributed by atoms with van der Waals surface area (Å²) in [6.07, 6.45) is 0. The smallest absolute Gasteiger partial charge is 0.251 e. The molecule has 0 aromatic heterocycles. The molecule has 9 heteroatoms. The van der Waals surface area contributed by atoms with Crippen molar-refractivity contribution in [2.75, 3.05) is 53.0 Å². The number of rotatable bonds is 10. The van der Waals surface area contributed by atoms with Crippen LogP contribution in [0.4, 0.5) is 0 Å². The van der Waals surface area contributed by atoms with E-state index in [0.29, 0.717) is 38.4 Å². The van der Waals surface area contributed by atoms with Crippen LogP contribution in [0.3, 0.4) is 0 Å². The molecule has 1 atom stereocenters. The van der Waals surface area contributed by atoms with Crippen molar-refractivity contribution in [3.63, 3.8) is 0 Å². The van der Waals surface area contributed by atoms with Crippen LogP contribution in [0, 0.1) is 0 Å². The van der Waals surface area contributed by atoms with Crippen molar-refractivity contribution >= 4 is 15.9 Å². The fourth-order valence-corrected chi connectivity index (χ4v) is 5.41. The predicted molar refractivity (Wildman–Crippen MR) is 127 cm³/mol. The molecule has 0 bridgehead atoms. The van der Waals surface area contributed by atoms with E-state index in [1.807, 2.05) is 24.3 Å². The van der Waals surface area contributed by atoms with Gasteiger partial charge in [-0.15, -0.1) is 0 Å². The maximum Gasteiger partial charge on any atom is 0.251 e. The third-order valence-electron chi connectivity index (χ3n) is 5.90. The lowest BCUT2D eigenvalue weighted by molar-refractivity contribution is 0.0162. The highest BCUT2D eigenvalue weighted by Gasteiger charge is 2.24. The molecular weight excluding hydrogens is 442 g/mol. The number of morpholine rings is 1. The molecule has 0 aliphatic carbocycles. The maximum absolute atomic E-state index is 12.8. The Morgan fingerprint density at radius 2 is 1.67 bits per heavy atom. The van der Waals surface area contributed by atoms with Gasteiger partial charge >= 0.3 is 0 Å². The second kappa shape index (κ2) is 11.6. The number of nitrogens with zero attached hydrogens (tertiary/aromatic N) is 2. The Bertz CT molecular complexity index is 999. The summed E-state index contributed by atoms with van der Waals surface area (Å²) >= 11 is 0. The summed E-state index contributed by atoms with van der Waals surface area (Å²) in [6.45, 7) is 7.70. The summed E-state index contributed by atoms with van der Waals surface area (Å²) in [5.41, 5.74) is 1.50. The van der Waals surface area contributed by atoms with E-state index in [4.69, 9.17) is 9.47 Å². The van der Waals surface area contributed by atoms with Crippen LogP contribution >= 0.6 is 0 Å². The Morgan fingerprint density at radius 3 is 2.21 bits per heavy atom. The third-order valence-corrected chi connectivity index (χ3v) is 7.97. The summed E-state index contributed by atoms with van der Waals surface area (Å²) in [5, 5.41) is 3.01. The first-order valence-electron chi connectivity index (χ1n) is 11.2. The fraction of sp³-hybridized carbons (Fsp3) is 0.458. The summed E-state index contributed by atoms with van der Waals surface area (Å²) in [6, 6.07) is 13.9. The van der Waals surface area contributed by atoms with Crippen molar-refractivity contribution < 1.29 is 22.7 Å². The van der Waals surface area contributed by atoms with Gasteiger partial charge in [-0.2, -0.15) is 4.31 Å². The van der Waals surface area contributed by atoms with Gasteiger partial charge in [0.2, 0.25) is 10.0 Å². The van der Waals surface area contributed by atoms with Crippen LogP contribution in [0.5, 0.6) is 5.75 Å². The van der Waals surface area contributed by atoms with Crippen molar-refractivity contribution in [1.29, 1.82) is 0 Å². The van der Waals surface area contributed by atoms with Gasteiger partial charge in [0.05, 0.1) is 31.3 Å². The zero-order valence-corrected chi connectivity index (χ0v) is 20.3. The van der Waals surface area contributed by atoms with Gasteiger partial charge in [0, 0.05) is 38.3 Å². The molecule has 1 heterocycles. The molecule has 180 valence electrons. The van der Waals surface area contributed by atoms with Crippen LogP contribution < -0.4 is 10.1 Å².